The Hall–Kier alpha value is -1.92. The minimum absolute atomic E-state index is 0.0751. The lowest BCUT2D eigenvalue weighted by molar-refractivity contribution is -0.153. The number of fused-ring (bicyclic) bond motifs is 1. The first-order valence-electron chi connectivity index (χ1n) is 11.6. The predicted molar refractivity (Wildman–Crippen MR) is 128 cm³/mol. The van der Waals surface area contributed by atoms with Gasteiger partial charge in [0.05, 0.1) is 18.6 Å². The molecule has 0 radical (unpaired) electrons. The second kappa shape index (κ2) is 9.52. The van der Waals surface area contributed by atoms with Gasteiger partial charge in [-0.15, -0.1) is 0 Å². The smallest absolute Gasteiger partial charge is 0.338 e. The summed E-state index contributed by atoms with van der Waals surface area (Å²) in [6.07, 6.45) is 3.62. The lowest BCUT2D eigenvalue weighted by Crippen LogP contribution is -2.47. The van der Waals surface area contributed by atoms with E-state index in [0.717, 1.165) is 12.8 Å². The molecule has 2 aliphatic carbocycles. The molecule has 0 saturated heterocycles. The van der Waals surface area contributed by atoms with Crippen LogP contribution in [0.3, 0.4) is 0 Å². The quantitative estimate of drug-likeness (QED) is 0.314. The van der Waals surface area contributed by atoms with Crippen molar-refractivity contribution in [3.05, 3.63) is 47.5 Å². The van der Waals surface area contributed by atoms with E-state index in [9.17, 15) is 9.59 Å². The van der Waals surface area contributed by atoms with Crippen molar-refractivity contribution in [3.63, 3.8) is 0 Å². The molecule has 5 nitrogen and oxygen atoms in total. The zero-order valence-electron chi connectivity index (χ0n) is 20.5. The molecule has 32 heavy (non-hydrogen) atoms. The normalized spacial score (nSPS) is 28.0. The predicted octanol–water partition coefficient (Wildman–Crippen LogP) is 5.63. The summed E-state index contributed by atoms with van der Waals surface area (Å²) in [6.45, 7) is 13.7. The highest BCUT2D eigenvalue weighted by atomic mass is 28.4. The van der Waals surface area contributed by atoms with E-state index in [-0.39, 0.29) is 46.8 Å². The van der Waals surface area contributed by atoms with Crippen LogP contribution in [0, 0.1) is 23.7 Å². The first kappa shape index (κ1) is 24.7. The van der Waals surface area contributed by atoms with Crippen LogP contribution in [-0.4, -0.2) is 40.1 Å². The Morgan fingerprint density at radius 2 is 1.75 bits per heavy atom. The van der Waals surface area contributed by atoms with Gasteiger partial charge >= 0.3 is 11.9 Å². The number of esters is 2. The SMILES string of the molecule is COC(=O)[C@@H]1[C@@H]2[C@@H](C=C(C)[C@@H]1CO[Si](C)(C)C(C)(C)C)CC[C@H]2OC(=O)c1ccccc1. The zero-order valence-corrected chi connectivity index (χ0v) is 21.5. The topological polar surface area (TPSA) is 61.8 Å². The Bertz CT molecular complexity index is 855. The number of rotatable bonds is 6. The number of hydrogen-bond acceptors (Lipinski definition) is 5. The molecule has 0 aromatic heterocycles. The highest BCUT2D eigenvalue weighted by Crippen LogP contribution is 2.49. The van der Waals surface area contributed by atoms with E-state index >= 15 is 0 Å². The van der Waals surface area contributed by atoms with Gasteiger partial charge in [0.15, 0.2) is 8.32 Å². The third-order valence-electron chi connectivity index (χ3n) is 7.79. The van der Waals surface area contributed by atoms with Crippen LogP contribution in [0.2, 0.25) is 18.1 Å². The van der Waals surface area contributed by atoms with E-state index in [4.69, 9.17) is 13.9 Å². The Morgan fingerprint density at radius 1 is 1.09 bits per heavy atom. The molecule has 3 rings (SSSR count). The number of ether oxygens (including phenoxy) is 2. The number of carbonyl (C=O) groups is 2. The van der Waals surface area contributed by atoms with Gasteiger partial charge in [-0.2, -0.15) is 0 Å². The fourth-order valence-electron chi connectivity index (χ4n) is 4.85. The van der Waals surface area contributed by atoms with Gasteiger partial charge in [-0.3, -0.25) is 4.79 Å². The summed E-state index contributed by atoms with van der Waals surface area (Å²) in [5.74, 6) is -0.910. The van der Waals surface area contributed by atoms with Crippen LogP contribution in [0.15, 0.2) is 42.0 Å². The Morgan fingerprint density at radius 3 is 2.34 bits per heavy atom. The summed E-state index contributed by atoms with van der Waals surface area (Å²) in [6, 6.07) is 9.04. The summed E-state index contributed by atoms with van der Waals surface area (Å²) in [5.41, 5.74) is 1.71. The summed E-state index contributed by atoms with van der Waals surface area (Å²) < 4.78 is 17.8. The van der Waals surface area contributed by atoms with Crippen LogP contribution >= 0.6 is 0 Å². The molecule has 0 heterocycles. The highest BCUT2D eigenvalue weighted by molar-refractivity contribution is 6.74. The molecule has 176 valence electrons. The van der Waals surface area contributed by atoms with E-state index in [0.29, 0.717) is 12.2 Å². The molecule has 2 aliphatic rings. The first-order valence-corrected chi connectivity index (χ1v) is 14.5. The molecule has 0 N–H and O–H groups in total. The van der Waals surface area contributed by atoms with Crippen LogP contribution in [0.25, 0.3) is 0 Å². The zero-order chi connectivity index (χ0) is 23.7. The van der Waals surface area contributed by atoms with E-state index in [1.165, 1.54) is 12.7 Å². The third-order valence-corrected chi connectivity index (χ3v) is 12.3. The highest BCUT2D eigenvalue weighted by Gasteiger charge is 2.52. The van der Waals surface area contributed by atoms with Crippen molar-refractivity contribution in [1.29, 1.82) is 0 Å². The second-order valence-corrected chi connectivity index (χ2v) is 15.6. The summed E-state index contributed by atoms with van der Waals surface area (Å²) in [7, 11) is -0.537. The van der Waals surface area contributed by atoms with Crippen molar-refractivity contribution in [2.75, 3.05) is 13.7 Å². The fourth-order valence-corrected chi connectivity index (χ4v) is 5.88. The monoisotopic (exact) mass is 458 g/mol. The van der Waals surface area contributed by atoms with Gasteiger partial charge in [0.1, 0.15) is 6.10 Å². The molecule has 0 amide bonds. The molecule has 0 aliphatic heterocycles. The molecular formula is C26H38O5Si. The maximum absolute atomic E-state index is 13.1. The molecule has 0 bridgehead atoms. The van der Waals surface area contributed by atoms with Crippen molar-refractivity contribution in [1.82, 2.24) is 0 Å². The fraction of sp³-hybridized carbons (Fsp3) is 0.615. The lowest BCUT2D eigenvalue weighted by atomic mass is 9.68. The van der Waals surface area contributed by atoms with Crippen molar-refractivity contribution >= 4 is 20.3 Å². The average Bonchev–Trinajstić information content (AvgIpc) is 3.12. The van der Waals surface area contributed by atoms with Crippen molar-refractivity contribution in [3.8, 4) is 0 Å². The van der Waals surface area contributed by atoms with E-state index < -0.39 is 8.32 Å². The third kappa shape index (κ3) is 5.01. The Labute approximate surface area is 193 Å². The molecule has 1 saturated carbocycles. The van der Waals surface area contributed by atoms with Gasteiger partial charge in [-0.05, 0) is 55.9 Å². The summed E-state index contributed by atoms with van der Waals surface area (Å²) in [5, 5.41) is 0.0870. The second-order valence-electron chi connectivity index (χ2n) is 10.8. The Kier molecular flexibility index (Phi) is 7.35. The van der Waals surface area contributed by atoms with Crippen molar-refractivity contribution < 1.29 is 23.5 Å². The molecule has 1 aromatic carbocycles. The number of methoxy groups -OCH3 is 1. The standard InChI is InChI=1S/C26H38O5Si/c1-17-15-19-13-14-21(31-24(27)18-11-9-8-10-12-18)22(19)23(25(28)29-5)20(17)16-30-32(6,7)26(2,3)4/h8-12,15,19-23H,13-14,16H2,1-7H3/t19-,20+,21-,22-,23+/m1/s1. The molecule has 0 spiro atoms. The van der Waals surface area contributed by atoms with Crippen LogP contribution in [-0.2, 0) is 18.7 Å². The van der Waals surface area contributed by atoms with Crippen LogP contribution < -0.4 is 0 Å². The lowest BCUT2D eigenvalue weighted by Gasteiger charge is -2.42. The number of hydrogen-bond donors (Lipinski definition) is 0. The van der Waals surface area contributed by atoms with Gasteiger partial charge in [-0.25, -0.2) is 4.79 Å². The number of carbonyl (C=O) groups excluding carboxylic acids is 2. The van der Waals surface area contributed by atoms with Crippen LogP contribution in [0.1, 0.15) is 50.9 Å². The molecule has 5 atom stereocenters. The van der Waals surface area contributed by atoms with Crippen LogP contribution in [0.4, 0.5) is 0 Å². The number of benzene rings is 1. The summed E-state index contributed by atoms with van der Waals surface area (Å²) in [4.78, 5) is 25.8. The minimum atomic E-state index is -1.98. The maximum Gasteiger partial charge on any atom is 0.338 e. The molecule has 6 heteroatoms. The first-order chi connectivity index (χ1) is 15.0. The van der Waals surface area contributed by atoms with E-state index in [2.05, 4.69) is 46.9 Å². The maximum atomic E-state index is 13.1. The van der Waals surface area contributed by atoms with E-state index in [1.807, 2.05) is 18.2 Å². The van der Waals surface area contributed by atoms with Crippen molar-refractivity contribution in [2.45, 2.75) is 64.8 Å². The van der Waals surface area contributed by atoms with Gasteiger partial charge < -0.3 is 13.9 Å². The van der Waals surface area contributed by atoms with E-state index in [1.54, 1.807) is 12.1 Å². The van der Waals surface area contributed by atoms with Gasteiger partial charge in [0, 0.05) is 18.4 Å². The van der Waals surface area contributed by atoms with Crippen molar-refractivity contribution in [2.24, 2.45) is 23.7 Å². The molecular weight excluding hydrogens is 420 g/mol. The molecule has 1 fully saturated rings. The summed E-state index contributed by atoms with van der Waals surface area (Å²) >= 11 is 0. The van der Waals surface area contributed by atoms with Gasteiger partial charge in [0.25, 0.3) is 0 Å². The van der Waals surface area contributed by atoms with Gasteiger partial charge in [-0.1, -0.05) is 50.6 Å². The Balaban J connectivity index is 1.85. The number of allylic oxidation sites excluding steroid dienone is 1. The van der Waals surface area contributed by atoms with Crippen LogP contribution in [0.5, 0.6) is 0 Å². The largest absolute Gasteiger partial charge is 0.469 e. The molecule has 1 aromatic rings. The van der Waals surface area contributed by atoms with Gasteiger partial charge in [0.2, 0.25) is 0 Å². The molecule has 0 unspecified atom stereocenters. The minimum Gasteiger partial charge on any atom is -0.469 e. The average molecular weight is 459 g/mol.